The molecule has 0 aliphatic carbocycles. The Balaban J connectivity index is 1.61. The van der Waals surface area contributed by atoms with Gasteiger partial charge in [0.2, 0.25) is 15.8 Å². The smallest absolute Gasteiger partial charge is 0.311 e. The fraction of sp³-hybridized carbons (Fsp3) is 0.389. The molecule has 2 aliphatic heterocycles. The highest BCUT2D eigenvalue weighted by atomic mass is 32.2. The molecule has 4 rings (SSSR count). The van der Waals surface area contributed by atoms with E-state index in [9.17, 15) is 18.5 Å². The summed E-state index contributed by atoms with van der Waals surface area (Å²) in [6.07, 6.45) is 3.39. The van der Waals surface area contributed by atoms with Crippen molar-refractivity contribution in [3.05, 3.63) is 58.3 Å². The summed E-state index contributed by atoms with van der Waals surface area (Å²) in [5.41, 5.74) is 1.69. The summed E-state index contributed by atoms with van der Waals surface area (Å²) in [6, 6.07) is 10.5. The summed E-state index contributed by atoms with van der Waals surface area (Å²) < 4.78 is 28.1. The molecule has 2 aromatic rings. The summed E-state index contributed by atoms with van der Waals surface area (Å²) in [7, 11) is -3.56. The number of rotatable bonds is 4. The minimum absolute atomic E-state index is 0.0953. The van der Waals surface area contributed by atoms with Crippen molar-refractivity contribution in [2.45, 2.75) is 24.5 Å². The number of nitrogens with zero attached hydrogens (tertiary/aromatic N) is 4. The van der Waals surface area contributed by atoms with E-state index < -0.39 is 20.2 Å². The van der Waals surface area contributed by atoms with Gasteiger partial charge < -0.3 is 4.90 Å². The van der Waals surface area contributed by atoms with Crippen molar-refractivity contribution >= 4 is 27.2 Å². The van der Waals surface area contributed by atoms with Crippen LogP contribution in [0.15, 0.2) is 42.6 Å². The van der Waals surface area contributed by atoms with Crippen LogP contribution in [0.5, 0.6) is 0 Å². The summed E-state index contributed by atoms with van der Waals surface area (Å²) in [6.45, 7) is 1.21. The van der Waals surface area contributed by atoms with E-state index in [0.29, 0.717) is 32.4 Å². The normalized spacial score (nSPS) is 19.8. The number of anilines is 2. The molecule has 0 saturated carbocycles. The third-order valence-electron chi connectivity index (χ3n) is 5.21. The molecule has 8 nitrogen and oxygen atoms in total. The van der Waals surface area contributed by atoms with Crippen LogP contribution in [-0.4, -0.2) is 43.2 Å². The highest BCUT2D eigenvalue weighted by Gasteiger charge is 2.39. The van der Waals surface area contributed by atoms with Crippen LogP contribution in [-0.2, 0) is 16.4 Å². The number of hydrogen-bond acceptors (Lipinski definition) is 6. The van der Waals surface area contributed by atoms with Crippen LogP contribution < -0.4 is 9.21 Å². The summed E-state index contributed by atoms with van der Waals surface area (Å²) >= 11 is 0. The van der Waals surface area contributed by atoms with Gasteiger partial charge >= 0.3 is 5.69 Å². The lowest BCUT2D eigenvalue weighted by atomic mass is 10.1. The predicted molar refractivity (Wildman–Crippen MR) is 103 cm³/mol. The first-order chi connectivity index (χ1) is 13.0. The third kappa shape index (κ3) is 3.12. The van der Waals surface area contributed by atoms with Crippen molar-refractivity contribution in [1.29, 1.82) is 0 Å². The lowest BCUT2D eigenvalue weighted by molar-refractivity contribution is -0.384. The highest BCUT2D eigenvalue weighted by molar-refractivity contribution is 7.93. The van der Waals surface area contributed by atoms with Gasteiger partial charge in [-0.15, -0.1) is 0 Å². The number of fused-ring (bicyclic) bond motifs is 1. The molecular weight excluding hydrogens is 368 g/mol. The quantitative estimate of drug-likeness (QED) is 0.589. The molecule has 1 atom stereocenters. The lowest BCUT2D eigenvalue weighted by Crippen LogP contribution is -2.48. The second-order valence-electron chi connectivity index (χ2n) is 6.81. The van der Waals surface area contributed by atoms with Crippen LogP contribution in [0.1, 0.15) is 18.4 Å². The van der Waals surface area contributed by atoms with Crippen molar-refractivity contribution in [1.82, 2.24) is 4.98 Å². The van der Waals surface area contributed by atoms with E-state index in [2.05, 4.69) is 4.98 Å². The van der Waals surface area contributed by atoms with Crippen molar-refractivity contribution < 1.29 is 13.3 Å². The van der Waals surface area contributed by atoms with E-state index in [4.69, 9.17) is 0 Å². The van der Waals surface area contributed by atoms with Gasteiger partial charge in [0.1, 0.15) is 0 Å². The zero-order valence-corrected chi connectivity index (χ0v) is 15.5. The van der Waals surface area contributed by atoms with E-state index >= 15 is 0 Å². The van der Waals surface area contributed by atoms with Crippen LogP contribution in [0.3, 0.4) is 0 Å². The Morgan fingerprint density at radius 1 is 1.15 bits per heavy atom. The van der Waals surface area contributed by atoms with Gasteiger partial charge in [-0.1, -0.05) is 18.2 Å². The molecule has 142 valence electrons. The maximum atomic E-state index is 13.3. The van der Waals surface area contributed by atoms with Crippen LogP contribution in [0.4, 0.5) is 17.2 Å². The number of para-hydroxylation sites is 1. The number of aromatic nitrogens is 1. The molecule has 1 aromatic carbocycles. The Bertz CT molecular complexity index is 979. The molecule has 0 bridgehead atoms. The minimum atomic E-state index is -3.56. The van der Waals surface area contributed by atoms with Crippen molar-refractivity contribution in [2.75, 3.05) is 28.8 Å². The predicted octanol–water partition coefficient (Wildman–Crippen LogP) is 2.35. The molecule has 0 radical (unpaired) electrons. The molecule has 1 unspecified atom stereocenters. The van der Waals surface area contributed by atoms with Gasteiger partial charge in [0.25, 0.3) is 0 Å². The topological polar surface area (TPSA) is 96.6 Å². The summed E-state index contributed by atoms with van der Waals surface area (Å²) in [5, 5.41) is 10.7. The number of hydrogen-bond donors (Lipinski definition) is 0. The summed E-state index contributed by atoms with van der Waals surface area (Å²) in [4.78, 5) is 16.7. The number of nitro groups is 1. The first-order valence-electron chi connectivity index (χ1n) is 8.92. The Kier molecular flexibility index (Phi) is 4.47. The van der Waals surface area contributed by atoms with E-state index in [1.54, 1.807) is 4.90 Å². The fourth-order valence-corrected chi connectivity index (χ4v) is 5.89. The van der Waals surface area contributed by atoms with E-state index in [-0.39, 0.29) is 18.1 Å². The molecule has 1 fully saturated rings. The molecule has 2 aliphatic rings. The molecule has 3 heterocycles. The van der Waals surface area contributed by atoms with Gasteiger partial charge in [0, 0.05) is 31.9 Å². The van der Waals surface area contributed by atoms with Gasteiger partial charge in [-0.25, -0.2) is 13.4 Å². The Morgan fingerprint density at radius 3 is 2.78 bits per heavy atom. The third-order valence-corrected chi connectivity index (χ3v) is 7.43. The van der Waals surface area contributed by atoms with E-state index in [1.165, 1.54) is 22.6 Å². The van der Waals surface area contributed by atoms with E-state index in [1.807, 2.05) is 24.3 Å². The average Bonchev–Trinajstić information content (AvgIpc) is 3.13. The molecule has 9 heteroatoms. The van der Waals surface area contributed by atoms with Crippen LogP contribution in [0.25, 0.3) is 0 Å². The molecule has 0 spiro atoms. The molecule has 27 heavy (non-hydrogen) atoms. The zero-order chi connectivity index (χ0) is 19.0. The largest absolute Gasteiger partial charge is 0.350 e. The van der Waals surface area contributed by atoms with Gasteiger partial charge in [-0.2, -0.15) is 0 Å². The Labute approximate surface area is 157 Å². The Hall–Kier alpha value is -2.68. The molecule has 0 N–H and O–H groups in total. The summed E-state index contributed by atoms with van der Waals surface area (Å²) in [5.74, 6) is 0.240. The second-order valence-corrected chi connectivity index (χ2v) is 8.95. The number of piperidine rings is 1. The maximum absolute atomic E-state index is 13.3. The highest BCUT2D eigenvalue weighted by Crippen LogP contribution is 2.34. The van der Waals surface area contributed by atoms with Crippen LogP contribution >= 0.6 is 0 Å². The molecule has 1 aromatic heterocycles. The van der Waals surface area contributed by atoms with Gasteiger partial charge in [0.05, 0.1) is 15.9 Å². The Morgan fingerprint density at radius 2 is 1.96 bits per heavy atom. The fourth-order valence-electron chi connectivity index (χ4n) is 3.90. The second kappa shape index (κ2) is 6.80. The zero-order valence-electron chi connectivity index (χ0n) is 14.7. The molecular formula is C18H20N4O4S. The van der Waals surface area contributed by atoms with E-state index in [0.717, 1.165) is 11.3 Å². The van der Waals surface area contributed by atoms with Crippen LogP contribution in [0.2, 0.25) is 0 Å². The van der Waals surface area contributed by atoms with Crippen molar-refractivity contribution in [2.24, 2.45) is 0 Å². The SMILES string of the molecule is O=[N+]([O-])c1cccnc1N1CCCC(S(=O)(=O)N2CCc3ccccc32)C1. The molecule has 1 saturated heterocycles. The van der Waals surface area contributed by atoms with Crippen molar-refractivity contribution in [3.63, 3.8) is 0 Å². The average molecular weight is 388 g/mol. The van der Waals surface area contributed by atoms with Gasteiger partial charge in [-0.3, -0.25) is 14.4 Å². The van der Waals surface area contributed by atoms with Gasteiger partial charge in [0.15, 0.2) is 0 Å². The van der Waals surface area contributed by atoms with Crippen LogP contribution in [0, 0.1) is 10.1 Å². The monoisotopic (exact) mass is 388 g/mol. The molecule has 0 amide bonds. The maximum Gasteiger partial charge on any atom is 0.311 e. The minimum Gasteiger partial charge on any atom is -0.350 e. The number of sulfonamides is 1. The van der Waals surface area contributed by atoms with Gasteiger partial charge in [-0.05, 0) is 37.0 Å². The number of benzene rings is 1. The lowest BCUT2D eigenvalue weighted by Gasteiger charge is -2.35. The first-order valence-corrected chi connectivity index (χ1v) is 10.4. The first kappa shape index (κ1) is 17.7. The number of pyridine rings is 1. The standard InChI is InChI=1S/C18H20N4O4S/c23-22(24)17-8-3-10-19-18(17)20-11-4-6-15(13-20)27(25,26)21-12-9-14-5-1-2-7-16(14)21/h1-3,5,7-8,10,15H,4,6,9,11-13H2. The van der Waals surface area contributed by atoms with Crippen molar-refractivity contribution in [3.8, 4) is 0 Å².